The highest BCUT2D eigenvalue weighted by atomic mass is 32.2. The van der Waals surface area contributed by atoms with E-state index in [1.807, 2.05) is 11.8 Å². The van der Waals surface area contributed by atoms with Crippen LogP contribution >= 0.6 is 11.8 Å². The van der Waals surface area contributed by atoms with Crippen LogP contribution in [-0.4, -0.2) is 56.8 Å². The van der Waals surface area contributed by atoms with Gasteiger partial charge in [0.05, 0.1) is 0 Å². The van der Waals surface area contributed by atoms with Gasteiger partial charge in [-0.25, -0.2) is 4.79 Å². The fourth-order valence-corrected chi connectivity index (χ4v) is 3.63. The lowest BCUT2D eigenvalue weighted by Gasteiger charge is -2.31. The highest BCUT2D eigenvalue weighted by molar-refractivity contribution is 8.00. The van der Waals surface area contributed by atoms with Crippen molar-refractivity contribution in [2.24, 2.45) is 0 Å². The lowest BCUT2D eigenvalue weighted by atomic mass is 10.1. The molecule has 2 aliphatic rings. The predicted molar refractivity (Wildman–Crippen MR) is 54.5 cm³/mol. The van der Waals surface area contributed by atoms with Gasteiger partial charge in [-0.3, -0.25) is 4.90 Å². The van der Waals surface area contributed by atoms with E-state index in [0.717, 1.165) is 18.7 Å². The molecule has 3 atom stereocenters. The van der Waals surface area contributed by atoms with Crippen LogP contribution < -0.4 is 0 Å². The van der Waals surface area contributed by atoms with Crippen LogP contribution in [0.1, 0.15) is 13.3 Å². The molecule has 0 spiro atoms. The molecule has 2 saturated heterocycles. The Balaban J connectivity index is 1.95. The number of carboxylic acids is 1. The van der Waals surface area contributed by atoms with Crippen molar-refractivity contribution in [2.45, 2.75) is 30.2 Å². The van der Waals surface area contributed by atoms with Gasteiger partial charge in [0.25, 0.3) is 0 Å². The maximum atomic E-state index is 10.7. The summed E-state index contributed by atoms with van der Waals surface area (Å²) in [6, 6.07) is 0.482. The number of rotatable bonds is 3. The molecule has 0 aromatic rings. The molecule has 2 bridgehead atoms. The Morgan fingerprint density at radius 1 is 1.71 bits per heavy atom. The number of hydrogen-bond acceptors (Lipinski definition) is 4. The summed E-state index contributed by atoms with van der Waals surface area (Å²) >= 11 is 1.96. The van der Waals surface area contributed by atoms with E-state index in [2.05, 4.69) is 4.90 Å². The first-order chi connectivity index (χ1) is 6.49. The van der Waals surface area contributed by atoms with Gasteiger partial charge in [-0.05, 0) is 13.3 Å². The van der Waals surface area contributed by atoms with E-state index >= 15 is 0 Å². The SMILES string of the molecule is CC(O)(CN1CC2CC1CS2)C(=O)O. The molecule has 3 unspecified atom stereocenters. The van der Waals surface area contributed by atoms with Gasteiger partial charge in [-0.2, -0.15) is 11.8 Å². The van der Waals surface area contributed by atoms with E-state index in [1.54, 1.807) is 0 Å². The highest BCUT2D eigenvalue weighted by Gasteiger charge is 2.43. The number of hydrogen-bond donors (Lipinski definition) is 2. The summed E-state index contributed by atoms with van der Waals surface area (Å²) in [5.74, 6) is -0.0479. The van der Waals surface area contributed by atoms with Gasteiger partial charge in [0.15, 0.2) is 5.60 Å². The quantitative estimate of drug-likeness (QED) is 0.697. The molecule has 0 aliphatic carbocycles. The Morgan fingerprint density at radius 2 is 2.43 bits per heavy atom. The lowest BCUT2D eigenvalue weighted by molar-refractivity contribution is -0.158. The first-order valence-corrected chi connectivity index (χ1v) is 5.85. The Bertz CT molecular complexity index is 256. The van der Waals surface area contributed by atoms with Crippen LogP contribution in [0.25, 0.3) is 0 Å². The van der Waals surface area contributed by atoms with E-state index in [4.69, 9.17) is 5.11 Å². The van der Waals surface area contributed by atoms with Crippen molar-refractivity contribution < 1.29 is 15.0 Å². The normalized spacial score (nSPS) is 35.9. The zero-order valence-electron chi connectivity index (χ0n) is 8.14. The number of carbonyl (C=O) groups is 1. The number of likely N-dealkylation sites (tertiary alicyclic amines) is 1. The van der Waals surface area contributed by atoms with Crippen LogP contribution in [-0.2, 0) is 4.79 Å². The molecule has 2 heterocycles. The molecule has 0 aromatic carbocycles. The summed E-state index contributed by atoms with van der Waals surface area (Å²) in [6.45, 7) is 2.55. The molecule has 80 valence electrons. The molecule has 0 amide bonds. The second kappa shape index (κ2) is 3.40. The van der Waals surface area contributed by atoms with Crippen LogP contribution in [0.5, 0.6) is 0 Å². The monoisotopic (exact) mass is 217 g/mol. The minimum Gasteiger partial charge on any atom is -0.479 e. The average molecular weight is 217 g/mol. The van der Waals surface area contributed by atoms with Crippen molar-refractivity contribution in [1.29, 1.82) is 0 Å². The molecule has 0 radical (unpaired) electrons. The zero-order valence-corrected chi connectivity index (χ0v) is 8.96. The minimum atomic E-state index is -1.60. The highest BCUT2D eigenvalue weighted by Crippen LogP contribution is 2.37. The van der Waals surface area contributed by atoms with E-state index in [1.165, 1.54) is 6.92 Å². The van der Waals surface area contributed by atoms with E-state index in [9.17, 15) is 9.90 Å². The number of fused-ring (bicyclic) bond motifs is 2. The van der Waals surface area contributed by atoms with Crippen LogP contribution in [0.3, 0.4) is 0 Å². The largest absolute Gasteiger partial charge is 0.479 e. The molecule has 4 nitrogen and oxygen atoms in total. The smallest absolute Gasteiger partial charge is 0.336 e. The fraction of sp³-hybridized carbons (Fsp3) is 0.889. The maximum absolute atomic E-state index is 10.7. The molecular formula is C9H15NO3S. The van der Waals surface area contributed by atoms with Gasteiger partial charge >= 0.3 is 5.97 Å². The van der Waals surface area contributed by atoms with E-state index in [0.29, 0.717) is 11.3 Å². The molecule has 0 aromatic heterocycles. The van der Waals surface area contributed by atoms with Crippen molar-refractivity contribution in [2.75, 3.05) is 18.8 Å². The van der Waals surface area contributed by atoms with Crippen molar-refractivity contribution >= 4 is 17.7 Å². The predicted octanol–water partition coefficient (Wildman–Crippen LogP) is 0.0117. The summed E-state index contributed by atoms with van der Waals surface area (Å²) in [5, 5.41) is 19.1. The Kier molecular flexibility index (Phi) is 2.49. The number of carboxylic acid groups (broad SMARTS) is 1. The third-order valence-corrected chi connectivity index (χ3v) is 4.38. The van der Waals surface area contributed by atoms with Crippen LogP contribution in [0.4, 0.5) is 0 Å². The molecule has 2 aliphatic heterocycles. The topological polar surface area (TPSA) is 60.8 Å². The Labute approximate surface area is 87.3 Å². The van der Waals surface area contributed by atoms with E-state index in [-0.39, 0.29) is 6.54 Å². The number of β-amino-alcohol motifs (C(OH)–C–C–N with tert-alkyl or cyclic N) is 1. The first-order valence-electron chi connectivity index (χ1n) is 4.80. The summed E-state index contributed by atoms with van der Waals surface area (Å²) in [5.41, 5.74) is -1.60. The second-order valence-electron chi connectivity index (χ2n) is 4.35. The number of aliphatic hydroxyl groups is 1. The van der Waals surface area contributed by atoms with Gasteiger partial charge in [0.2, 0.25) is 0 Å². The molecule has 2 rings (SSSR count). The minimum absolute atomic E-state index is 0.254. The molecule has 0 saturated carbocycles. The molecule has 5 heteroatoms. The third-order valence-electron chi connectivity index (χ3n) is 2.99. The van der Waals surface area contributed by atoms with Gasteiger partial charge in [0.1, 0.15) is 0 Å². The van der Waals surface area contributed by atoms with Gasteiger partial charge in [-0.1, -0.05) is 0 Å². The Morgan fingerprint density at radius 3 is 2.86 bits per heavy atom. The number of thioether (sulfide) groups is 1. The standard InChI is InChI=1S/C9H15NO3S/c1-9(13,8(11)12)5-10-3-7-2-6(10)4-14-7/h6-7,13H,2-5H2,1H3,(H,11,12). The lowest BCUT2D eigenvalue weighted by Crippen LogP contribution is -2.49. The summed E-state index contributed by atoms with van der Waals surface area (Å²) < 4.78 is 0. The van der Waals surface area contributed by atoms with Crippen LogP contribution in [0, 0.1) is 0 Å². The number of aliphatic carboxylic acids is 1. The number of nitrogens with zero attached hydrogens (tertiary/aromatic N) is 1. The van der Waals surface area contributed by atoms with Crippen LogP contribution in [0.2, 0.25) is 0 Å². The molecule has 14 heavy (non-hydrogen) atoms. The van der Waals surface area contributed by atoms with Crippen molar-refractivity contribution in [3.63, 3.8) is 0 Å². The summed E-state index contributed by atoms with van der Waals surface area (Å²) in [6.07, 6.45) is 1.15. The third kappa shape index (κ3) is 1.76. The zero-order chi connectivity index (χ0) is 10.3. The molecule has 2 N–H and O–H groups in total. The van der Waals surface area contributed by atoms with Gasteiger partial charge in [0, 0.05) is 30.1 Å². The van der Waals surface area contributed by atoms with Gasteiger partial charge in [-0.15, -0.1) is 0 Å². The average Bonchev–Trinajstić information content (AvgIpc) is 2.63. The maximum Gasteiger partial charge on any atom is 0.336 e. The molecule has 2 fully saturated rings. The van der Waals surface area contributed by atoms with Crippen molar-refractivity contribution in [1.82, 2.24) is 4.90 Å². The summed E-state index contributed by atoms with van der Waals surface area (Å²) in [4.78, 5) is 12.8. The molecular weight excluding hydrogens is 202 g/mol. The van der Waals surface area contributed by atoms with Gasteiger partial charge < -0.3 is 10.2 Å². The second-order valence-corrected chi connectivity index (χ2v) is 5.69. The van der Waals surface area contributed by atoms with E-state index < -0.39 is 11.6 Å². The first kappa shape index (κ1) is 10.3. The summed E-state index contributed by atoms with van der Waals surface area (Å²) in [7, 11) is 0. The van der Waals surface area contributed by atoms with Crippen LogP contribution in [0.15, 0.2) is 0 Å². The fourth-order valence-electron chi connectivity index (χ4n) is 2.14. The van der Waals surface area contributed by atoms with Crippen molar-refractivity contribution in [3.05, 3.63) is 0 Å². The Hall–Kier alpha value is -0.260. The van der Waals surface area contributed by atoms with Crippen molar-refractivity contribution in [3.8, 4) is 0 Å².